The normalized spacial score (nSPS) is 19.2. The number of imide groups is 1. The highest BCUT2D eigenvalue weighted by Gasteiger charge is 2.61. The Labute approximate surface area is 513 Å². The number of anilines is 1. The van der Waals surface area contributed by atoms with Gasteiger partial charge in [-0.2, -0.15) is 0 Å². The summed E-state index contributed by atoms with van der Waals surface area (Å²) in [5.74, 6) is -4.05. The summed E-state index contributed by atoms with van der Waals surface area (Å²) in [7, 11) is 6.25. The first kappa shape index (κ1) is 68.9. The van der Waals surface area contributed by atoms with E-state index in [2.05, 4.69) is 45.6 Å². The van der Waals surface area contributed by atoms with Gasteiger partial charge in [-0.05, 0) is 106 Å². The predicted molar refractivity (Wildman–Crippen MR) is 327 cm³/mol. The van der Waals surface area contributed by atoms with Crippen molar-refractivity contribution in [1.82, 2.24) is 40.9 Å². The zero-order valence-electron chi connectivity index (χ0n) is 53.1. The largest absolute Gasteiger partial charge is 0.445 e. The molecule has 22 heteroatoms. The van der Waals surface area contributed by atoms with E-state index in [1.807, 2.05) is 36.9 Å². The first-order valence-electron chi connectivity index (χ1n) is 31.0. The van der Waals surface area contributed by atoms with E-state index in [9.17, 15) is 47.9 Å². The van der Waals surface area contributed by atoms with E-state index in [1.165, 1.54) is 36.8 Å². The van der Waals surface area contributed by atoms with Crippen LogP contribution in [0.4, 0.5) is 10.5 Å². The minimum absolute atomic E-state index is 0.0264. The van der Waals surface area contributed by atoms with Crippen LogP contribution in [0.15, 0.2) is 66.7 Å². The molecule has 3 unspecified atom stereocenters. The van der Waals surface area contributed by atoms with Crippen LogP contribution in [0.5, 0.6) is 0 Å². The summed E-state index contributed by atoms with van der Waals surface area (Å²) in [6.07, 6.45) is 7.64. The summed E-state index contributed by atoms with van der Waals surface area (Å²) in [5, 5.41) is 14.2. The minimum atomic E-state index is -1.04. The minimum Gasteiger partial charge on any atom is -0.445 e. The number of benzene rings is 2. The molecule has 2 heterocycles. The van der Waals surface area contributed by atoms with Gasteiger partial charge in [0.1, 0.15) is 24.7 Å². The molecule has 5 N–H and O–H groups in total. The van der Waals surface area contributed by atoms with E-state index in [-0.39, 0.29) is 91.4 Å². The number of likely N-dealkylation sites (N-methyl/N-ethyl adjacent to an activating group) is 2. The number of unbranched alkanes of at least 4 members (excludes halogenated alkanes) is 2. The molecule has 0 spiro atoms. The number of ether oxygens (including phenoxy) is 3. The summed E-state index contributed by atoms with van der Waals surface area (Å²) in [4.78, 5) is 139. The molecule has 478 valence electrons. The molecule has 10 amide bonds. The van der Waals surface area contributed by atoms with Crippen LogP contribution >= 0.6 is 0 Å². The molecular weight excluding hydrogens is 1110 g/mol. The molecule has 2 aliphatic carbocycles. The van der Waals surface area contributed by atoms with Gasteiger partial charge in [0, 0.05) is 77.1 Å². The SMILES string of the molecule is CCC(C)[C@@H]([C@@H](CC(=O)N1CCC[C@H]1[C@H](OC)C1(C(=O)N[C@H](C)C2(c3ccccc3)CC2)CC1)OC)N(C)C(=O)[C@H](C)NC(=O)C(C(C)C)N(C)C(=O)OCc1ccc(NC(=O)CNC(=O)C(NC(=O)CCCCCN2C(=O)C=CC2=O)C(C)C)cc1. The van der Waals surface area contributed by atoms with Crippen LogP contribution in [0.1, 0.15) is 144 Å². The molecule has 87 heavy (non-hydrogen) atoms. The van der Waals surface area contributed by atoms with E-state index in [0.29, 0.717) is 62.7 Å². The first-order chi connectivity index (χ1) is 41.3. The van der Waals surface area contributed by atoms with E-state index < -0.39 is 77.4 Å². The van der Waals surface area contributed by atoms with Crippen LogP contribution in [-0.4, -0.2) is 175 Å². The third-order valence-electron chi connectivity index (χ3n) is 18.2. The fourth-order valence-electron chi connectivity index (χ4n) is 12.6. The zero-order chi connectivity index (χ0) is 63.9. The molecule has 2 aromatic carbocycles. The first-order valence-corrected chi connectivity index (χ1v) is 31.0. The van der Waals surface area contributed by atoms with Crippen molar-refractivity contribution in [2.45, 2.75) is 193 Å². The van der Waals surface area contributed by atoms with Gasteiger partial charge < -0.3 is 50.6 Å². The fourth-order valence-corrected chi connectivity index (χ4v) is 12.6. The number of rotatable bonds is 33. The monoisotopic (exact) mass is 1210 g/mol. The second-order valence-electron chi connectivity index (χ2n) is 24.9. The standard InChI is InChI=1S/C65H95N9O13/c1-13-42(6)57(49(85-11)37-54(79)73-36-20-23-48(73)58(86-12)65(33-34-65)62(83)68-44(8)64(31-32-64)46-21-16-14-17-22-46)71(9)61(82)43(7)67-60(81)56(41(4)5)72(10)63(84)87-39-45-25-27-47(28-26-45)69-51(76)38-66-59(80)55(40(2)3)70-50(75)24-18-15-19-35-74-52(77)29-30-53(74)78/h14,16-17,21-22,25-30,40-44,48-49,55-58H,13,15,18-20,23-24,31-39H2,1-12H3,(H,66,80)(H,67,81)(H,68,83)(H,69,76)(H,70,75)/t42?,43-,44+,48-,49+,55?,56?,57-,58-/m0/s1. The highest BCUT2D eigenvalue weighted by Crippen LogP contribution is 2.55. The molecule has 0 bridgehead atoms. The number of carbonyl (C=O) groups is 10. The van der Waals surface area contributed by atoms with Crippen molar-refractivity contribution in [2.24, 2.45) is 23.2 Å². The molecule has 0 aromatic heterocycles. The number of nitrogens with zero attached hydrogens (tertiary/aromatic N) is 4. The number of hydrogen-bond acceptors (Lipinski definition) is 13. The Hall–Kier alpha value is -7.20. The van der Waals surface area contributed by atoms with Gasteiger partial charge in [-0.15, -0.1) is 0 Å². The molecule has 2 aromatic rings. The quantitative estimate of drug-likeness (QED) is 0.0420. The molecule has 2 saturated carbocycles. The molecule has 6 rings (SSSR count). The van der Waals surface area contributed by atoms with Gasteiger partial charge >= 0.3 is 6.09 Å². The third kappa shape index (κ3) is 17.3. The van der Waals surface area contributed by atoms with Gasteiger partial charge in [0.2, 0.25) is 41.4 Å². The summed E-state index contributed by atoms with van der Waals surface area (Å²) in [6, 6.07) is 12.9. The van der Waals surface area contributed by atoms with Crippen molar-refractivity contribution in [2.75, 3.05) is 53.3 Å². The molecule has 9 atom stereocenters. The Morgan fingerprint density at radius 2 is 1.39 bits per heavy atom. The van der Waals surface area contributed by atoms with Gasteiger partial charge in [0.15, 0.2) is 0 Å². The van der Waals surface area contributed by atoms with Gasteiger partial charge in [-0.25, -0.2) is 4.79 Å². The molecule has 1 saturated heterocycles. The highest BCUT2D eigenvalue weighted by molar-refractivity contribution is 6.12. The number of methoxy groups -OCH3 is 2. The van der Waals surface area contributed by atoms with Crippen LogP contribution in [0, 0.1) is 23.2 Å². The topological polar surface area (TPSA) is 272 Å². The van der Waals surface area contributed by atoms with Crippen molar-refractivity contribution in [1.29, 1.82) is 0 Å². The molecule has 4 aliphatic rings. The summed E-state index contributed by atoms with van der Waals surface area (Å²) in [5.41, 5.74) is 1.37. The average Bonchev–Trinajstić information content (AvgIpc) is 1.61. The number of hydrogen-bond donors (Lipinski definition) is 5. The highest BCUT2D eigenvalue weighted by atomic mass is 16.6. The summed E-state index contributed by atoms with van der Waals surface area (Å²) >= 11 is 0. The van der Waals surface area contributed by atoms with E-state index in [0.717, 1.165) is 24.2 Å². The predicted octanol–water partition coefficient (Wildman–Crippen LogP) is 5.77. The lowest BCUT2D eigenvalue weighted by Gasteiger charge is -2.40. The van der Waals surface area contributed by atoms with Gasteiger partial charge in [-0.1, -0.05) is 96.8 Å². The lowest BCUT2D eigenvalue weighted by Crippen LogP contribution is -2.58. The molecule has 0 radical (unpaired) electrons. The summed E-state index contributed by atoms with van der Waals surface area (Å²) in [6.45, 7) is 15.0. The van der Waals surface area contributed by atoms with Crippen LogP contribution < -0.4 is 26.6 Å². The van der Waals surface area contributed by atoms with Crippen LogP contribution in [-0.2, 0) is 69.4 Å². The number of likely N-dealkylation sites (tertiary alicyclic amines) is 1. The zero-order valence-corrected chi connectivity index (χ0v) is 53.1. The third-order valence-corrected chi connectivity index (χ3v) is 18.2. The van der Waals surface area contributed by atoms with E-state index in [4.69, 9.17) is 14.2 Å². The van der Waals surface area contributed by atoms with Gasteiger partial charge in [-0.3, -0.25) is 53.0 Å². The van der Waals surface area contributed by atoms with Crippen molar-refractivity contribution in [3.8, 4) is 0 Å². The Balaban J connectivity index is 0.957. The van der Waals surface area contributed by atoms with Crippen LogP contribution in [0.25, 0.3) is 0 Å². The second kappa shape index (κ2) is 31.1. The Morgan fingerprint density at radius 3 is 1.97 bits per heavy atom. The Morgan fingerprint density at radius 1 is 0.736 bits per heavy atom. The lowest BCUT2D eigenvalue weighted by molar-refractivity contribution is -0.148. The summed E-state index contributed by atoms with van der Waals surface area (Å²) < 4.78 is 17.9. The lowest BCUT2D eigenvalue weighted by atomic mass is 9.86. The van der Waals surface area contributed by atoms with Crippen molar-refractivity contribution < 1.29 is 62.2 Å². The average molecular weight is 1210 g/mol. The molecule has 22 nitrogen and oxygen atoms in total. The number of nitrogens with one attached hydrogen (secondary N) is 5. The molecular formula is C65H95N9O13. The van der Waals surface area contributed by atoms with Crippen molar-refractivity contribution in [3.05, 3.63) is 77.9 Å². The van der Waals surface area contributed by atoms with E-state index in [1.54, 1.807) is 77.9 Å². The van der Waals surface area contributed by atoms with Gasteiger partial charge in [0.25, 0.3) is 11.8 Å². The molecule has 3 fully saturated rings. The Bertz CT molecular complexity index is 2770. The number of amides is 10. The van der Waals surface area contributed by atoms with Crippen LogP contribution in [0.2, 0.25) is 0 Å². The van der Waals surface area contributed by atoms with E-state index >= 15 is 0 Å². The van der Waals surface area contributed by atoms with Gasteiger partial charge in [0.05, 0.1) is 42.7 Å². The smallest absolute Gasteiger partial charge is 0.410 e. The maximum absolute atomic E-state index is 14.5. The fraction of sp³-hybridized carbons (Fsp3) is 0.631. The van der Waals surface area contributed by atoms with Crippen LogP contribution in [0.3, 0.4) is 0 Å². The maximum atomic E-state index is 14.5. The Kier molecular flexibility index (Phi) is 24.6. The van der Waals surface area contributed by atoms with Crippen molar-refractivity contribution >= 4 is 64.9 Å². The van der Waals surface area contributed by atoms with Crippen molar-refractivity contribution in [3.63, 3.8) is 0 Å². The maximum Gasteiger partial charge on any atom is 0.410 e. The number of carbonyl (C=O) groups excluding carboxylic acids is 10. The second-order valence-corrected chi connectivity index (χ2v) is 24.9. The molecule has 2 aliphatic heterocycles.